The summed E-state index contributed by atoms with van der Waals surface area (Å²) in [6.07, 6.45) is -4.65. The quantitative estimate of drug-likeness (QED) is 0.849. The van der Waals surface area contributed by atoms with Crippen molar-refractivity contribution in [3.63, 3.8) is 0 Å². The Labute approximate surface area is 111 Å². The van der Waals surface area contributed by atoms with Gasteiger partial charge in [-0.2, -0.15) is 13.2 Å². The minimum Gasteiger partial charge on any atom is -0.373 e. The molecule has 2 aromatic rings. The van der Waals surface area contributed by atoms with E-state index in [4.69, 9.17) is 0 Å². The average molecular weight is 286 g/mol. The first-order chi connectivity index (χ1) is 9.38. The van der Waals surface area contributed by atoms with Crippen LogP contribution in [0.2, 0.25) is 0 Å². The lowest BCUT2D eigenvalue weighted by Crippen LogP contribution is -2.13. The van der Waals surface area contributed by atoms with E-state index in [-0.39, 0.29) is 11.6 Å². The second-order valence-electron chi connectivity index (χ2n) is 3.84. The Morgan fingerprint density at radius 3 is 2.15 bits per heavy atom. The van der Waals surface area contributed by atoms with E-state index in [0.717, 1.165) is 0 Å². The van der Waals surface area contributed by atoms with Crippen LogP contribution in [-0.4, -0.2) is 17.0 Å². The van der Waals surface area contributed by atoms with E-state index in [2.05, 4.69) is 20.6 Å². The normalized spacial score (nSPS) is 11.2. The summed E-state index contributed by atoms with van der Waals surface area (Å²) in [7, 11) is 1.45. The van der Waals surface area contributed by atoms with Crippen molar-refractivity contribution < 1.29 is 17.6 Å². The number of hydrogen-bond donors (Lipinski definition) is 2. The minimum atomic E-state index is -4.65. The molecule has 0 saturated carbocycles. The summed E-state index contributed by atoms with van der Waals surface area (Å²) < 4.78 is 50.7. The zero-order valence-corrected chi connectivity index (χ0v) is 10.3. The van der Waals surface area contributed by atoms with E-state index in [9.17, 15) is 17.6 Å². The molecule has 0 amide bonds. The molecule has 0 unspecified atom stereocenters. The Kier molecular flexibility index (Phi) is 3.73. The van der Waals surface area contributed by atoms with Crippen molar-refractivity contribution in [2.24, 2.45) is 0 Å². The molecular formula is C12H10F4N4. The summed E-state index contributed by atoms with van der Waals surface area (Å²) in [5, 5.41) is 5.18. The lowest BCUT2D eigenvalue weighted by Gasteiger charge is -2.11. The van der Waals surface area contributed by atoms with Crippen molar-refractivity contribution in [3.8, 4) is 0 Å². The molecule has 8 heteroatoms. The van der Waals surface area contributed by atoms with Gasteiger partial charge < -0.3 is 10.6 Å². The third-order valence-corrected chi connectivity index (χ3v) is 2.35. The number of hydrogen-bond acceptors (Lipinski definition) is 4. The number of rotatable bonds is 3. The van der Waals surface area contributed by atoms with Crippen LogP contribution >= 0.6 is 0 Å². The van der Waals surface area contributed by atoms with Gasteiger partial charge in [-0.15, -0.1) is 0 Å². The van der Waals surface area contributed by atoms with Crippen molar-refractivity contribution in [3.05, 3.63) is 42.0 Å². The van der Waals surface area contributed by atoms with Gasteiger partial charge in [0, 0.05) is 18.8 Å². The summed E-state index contributed by atoms with van der Waals surface area (Å²) in [5.74, 6) is -1.71. The van der Waals surface area contributed by atoms with Crippen LogP contribution < -0.4 is 10.6 Å². The highest BCUT2D eigenvalue weighted by Crippen LogP contribution is 2.29. The predicted molar refractivity (Wildman–Crippen MR) is 66.3 cm³/mol. The number of aromatic nitrogens is 2. The SMILES string of the molecule is CNc1cc(Nc2ccc(F)cc2)nc(C(F)(F)F)n1. The third-order valence-electron chi connectivity index (χ3n) is 2.35. The summed E-state index contributed by atoms with van der Waals surface area (Å²) in [4.78, 5) is 6.72. The molecule has 106 valence electrons. The van der Waals surface area contributed by atoms with Gasteiger partial charge in [0.05, 0.1) is 0 Å². The summed E-state index contributed by atoms with van der Waals surface area (Å²) in [5.41, 5.74) is 0.417. The molecule has 0 bridgehead atoms. The predicted octanol–water partition coefficient (Wildman–Crippen LogP) is 3.42. The number of benzene rings is 1. The average Bonchev–Trinajstić information content (AvgIpc) is 2.40. The molecule has 0 aliphatic heterocycles. The van der Waals surface area contributed by atoms with Crippen LogP contribution in [0.3, 0.4) is 0 Å². The zero-order valence-electron chi connectivity index (χ0n) is 10.3. The van der Waals surface area contributed by atoms with E-state index >= 15 is 0 Å². The Morgan fingerprint density at radius 1 is 1.00 bits per heavy atom. The van der Waals surface area contributed by atoms with Crippen LogP contribution in [0.4, 0.5) is 34.9 Å². The van der Waals surface area contributed by atoms with Crippen LogP contribution in [0.25, 0.3) is 0 Å². The molecule has 0 atom stereocenters. The van der Waals surface area contributed by atoms with Gasteiger partial charge in [-0.3, -0.25) is 0 Å². The monoisotopic (exact) mass is 286 g/mol. The highest BCUT2D eigenvalue weighted by molar-refractivity contribution is 5.59. The maximum absolute atomic E-state index is 12.8. The van der Waals surface area contributed by atoms with Crippen molar-refractivity contribution in [2.75, 3.05) is 17.7 Å². The number of alkyl halides is 3. The lowest BCUT2D eigenvalue weighted by molar-refractivity contribution is -0.144. The van der Waals surface area contributed by atoms with Gasteiger partial charge in [0.2, 0.25) is 5.82 Å². The van der Waals surface area contributed by atoms with Crippen LogP contribution in [0.5, 0.6) is 0 Å². The van der Waals surface area contributed by atoms with Crippen LogP contribution in [0, 0.1) is 5.82 Å². The molecule has 4 nitrogen and oxygen atoms in total. The number of nitrogens with one attached hydrogen (secondary N) is 2. The second kappa shape index (κ2) is 5.32. The molecule has 0 fully saturated rings. The standard InChI is InChI=1S/C12H10F4N4/c1-17-9-6-10(20-11(19-9)12(14,15)16)18-8-4-2-7(13)3-5-8/h2-6H,1H3,(H2,17,18,19,20). The molecule has 0 radical (unpaired) electrons. The van der Waals surface area contributed by atoms with Gasteiger partial charge in [0.25, 0.3) is 0 Å². The first kappa shape index (κ1) is 14.0. The molecule has 2 N–H and O–H groups in total. The van der Waals surface area contributed by atoms with Crippen LogP contribution in [0.1, 0.15) is 5.82 Å². The van der Waals surface area contributed by atoms with Crippen molar-refractivity contribution in [2.45, 2.75) is 6.18 Å². The van der Waals surface area contributed by atoms with E-state index < -0.39 is 17.8 Å². The van der Waals surface area contributed by atoms with Gasteiger partial charge >= 0.3 is 6.18 Å². The maximum atomic E-state index is 12.8. The molecule has 0 saturated heterocycles. The molecule has 0 aliphatic rings. The number of anilines is 3. The topological polar surface area (TPSA) is 49.8 Å². The fourth-order valence-electron chi connectivity index (χ4n) is 1.45. The molecule has 0 aliphatic carbocycles. The molecule has 2 rings (SSSR count). The first-order valence-electron chi connectivity index (χ1n) is 5.55. The summed E-state index contributed by atoms with van der Waals surface area (Å²) >= 11 is 0. The van der Waals surface area contributed by atoms with Gasteiger partial charge in [-0.05, 0) is 24.3 Å². The van der Waals surface area contributed by atoms with E-state index in [1.54, 1.807) is 0 Å². The van der Waals surface area contributed by atoms with Gasteiger partial charge in [-0.25, -0.2) is 14.4 Å². The minimum absolute atomic E-state index is 0.0249. The summed E-state index contributed by atoms with van der Waals surface area (Å²) in [6.45, 7) is 0. The van der Waals surface area contributed by atoms with Crippen molar-refractivity contribution in [1.82, 2.24) is 9.97 Å². The van der Waals surface area contributed by atoms with Crippen LogP contribution in [-0.2, 0) is 6.18 Å². The Bertz CT molecular complexity index is 595. The van der Waals surface area contributed by atoms with E-state index in [1.807, 2.05) is 0 Å². The van der Waals surface area contributed by atoms with Gasteiger partial charge in [0.1, 0.15) is 17.5 Å². The lowest BCUT2D eigenvalue weighted by atomic mass is 10.3. The molecule has 20 heavy (non-hydrogen) atoms. The smallest absolute Gasteiger partial charge is 0.373 e. The largest absolute Gasteiger partial charge is 0.451 e. The molecular weight excluding hydrogens is 276 g/mol. The second-order valence-corrected chi connectivity index (χ2v) is 3.84. The number of nitrogens with zero attached hydrogens (tertiary/aromatic N) is 2. The number of halogens is 4. The molecule has 1 aromatic carbocycles. The third kappa shape index (κ3) is 3.34. The summed E-state index contributed by atoms with van der Waals surface area (Å²) in [6, 6.07) is 6.48. The Balaban J connectivity index is 2.33. The highest BCUT2D eigenvalue weighted by Gasteiger charge is 2.35. The maximum Gasteiger partial charge on any atom is 0.451 e. The fraction of sp³-hybridized carbons (Fsp3) is 0.167. The Hall–Kier alpha value is -2.38. The molecule has 1 heterocycles. The van der Waals surface area contributed by atoms with Crippen molar-refractivity contribution >= 4 is 17.3 Å². The first-order valence-corrected chi connectivity index (χ1v) is 5.55. The fourth-order valence-corrected chi connectivity index (χ4v) is 1.45. The van der Waals surface area contributed by atoms with E-state index in [1.165, 1.54) is 37.4 Å². The van der Waals surface area contributed by atoms with Crippen LogP contribution in [0.15, 0.2) is 30.3 Å². The zero-order chi connectivity index (χ0) is 14.8. The van der Waals surface area contributed by atoms with Crippen molar-refractivity contribution in [1.29, 1.82) is 0 Å². The van der Waals surface area contributed by atoms with Gasteiger partial charge in [0.15, 0.2) is 0 Å². The Morgan fingerprint density at radius 2 is 1.60 bits per heavy atom. The molecule has 0 spiro atoms. The van der Waals surface area contributed by atoms with Gasteiger partial charge in [-0.1, -0.05) is 0 Å². The highest BCUT2D eigenvalue weighted by atomic mass is 19.4. The molecule has 1 aromatic heterocycles. The van der Waals surface area contributed by atoms with E-state index in [0.29, 0.717) is 5.69 Å².